The Kier molecular flexibility index (Phi) is 6.67. The Morgan fingerprint density at radius 3 is 2.15 bits per heavy atom. The highest BCUT2D eigenvalue weighted by Gasteiger charge is 2.50. The van der Waals surface area contributed by atoms with E-state index in [4.69, 9.17) is 21.1 Å². The maximum Gasteiger partial charge on any atom is 0.316 e. The first-order valence-corrected chi connectivity index (χ1v) is 11.7. The summed E-state index contributed by atoms with van der Waals surface area (Å²) in [7, 11) is 0. The molecule has 0 bridgehead atoms. The van der Waals surface area contributed by atoms with E-state index in [0.717, 1.165) is 16.7 Å². The summed E-state index contributed by atoms with van der Waals surface area (Å²) in [6.45, 7) is 14.4. The third-order valence-electron chi connectivity index (χ3n) is 5.81. The molecule has 1 aliphatic rings. The lowest BCUT2D eigenvalue weighted by Gasteiger charge is -2.42. The molecule has 2 aromatic carbocycles. The molecule has 1 heterocycles. The minimum atomic E-state index is -1.12. The highest BCUT2D eigenvalue weighted by Crippen LogP contribution is 2.46. The fourth-order valence-corrected chi connectivity index (χ4v) is 4.49. The van der Waals surface area contributed by atoms with E-state index in [1.807, 2.05) is 63.2 Å². The molecule has 0 spiro atoms. The van der Waals surface area contributed by atoms with Crippen LogP contribution < -0.4 is 0 Å². The maximum absolute atomic E-state index is 13.8. The Morgan fingerprint density at radius 2 is 1.61 bits per heavy atom. The minimum absolute atomic E-state index is 0.202. The summed E-state index contributed by atoms with van der Waals surface area (Å²) in [6, 6.07) is 13.8. The van der Waals surface area contributed by atoms with Crippen LogP contribution in [0.15, 0.2) is 48.2 Å². The lowest BCUT2D eigenvalue weighted by Crippen LogP contribution is -2.50. The Hall–Kier alpha value is -2.43. The van der Waals surface area contributed by atoms with Gasteiger partial charge >= 0.3 is 5.97 Å². The van der Waals surface area contributed by atoms with Crippen molar-refractivity contribution in [2.24, 2.45) is 5.41 Å². The van der Waals surface area contributed by atoms with Crippen LogP contribution in [0.2, 0.25) is 5.02 Å². The van der Waals surface area contributed by atoms with Gasteiger partial charge in [0.05, 0.1) is 16.0 Å². The first kappa shape index (κ1) is 25.2. The molecule has 0 saturated heterocycles. The number of benzene rings is 2. The van der Waals surface area contributed by atoms with Gasteiger partial charge in [-0.2, -0.15) is 0 Å². The molecule has 0 fully saturated rings. The van der Waals surface area contributed by atoms with Crippen molar-refractivity contribution >= 4 is 28.9 Å². The second-order valence-electron chi connectivity index (χ2n) is 10.5. The lowest BCUT2D eigenvalue weighted by molar-refractivity contribution is -0.169. The molecule has 1 aliphatic heterocycles. The van der Waals surface area contributed by atoms with Crippen LogP contribution in [0.25, 0.3) is 16.7 Å². The molecule has 0 aliphatic carbocycles. The monoisotopic (exact) mass is 468 g/mol. The van der Waals surface area contributed by atoms with Gasteiger partial charge in [-0.15, -0.1) is 0 Å². The van der Waals surface area contributed by atoms with Crippen molar-refractivity contribution in [1.29, 1.82) is 0 Å². The molecule has 3 rings (SSSR count). The van der Waals surface area contributed by atoms with Gasteiger partial charge in [0.1, 0.15) is 11.2 Å². The van der Waals surface area contributed by atoms with Gasteiger partial charge in [0.15, 0.2) is 11.5 Å². The molecule has 0 atom stereocenters. The summed E-state index contributed by atoms with van der Waals surface area (Å²) in [5, 5.41) is 0.460. The summed E-state index contributed by atoms with van der Waals surface area (Å²) < 4.78 is 12.1. The molecular formula is C28H33ClO4. The van der Waals surface area contributed by atoms with Crippen molar-refractivity contribution in [3.05, 3.63) is 64.4 Å². The standard InChI is InChI=1S/C28H33ClO4/c1-9-17-15-16-19(18-13-11-10-12-14-18)22(29)20(17)21-23(30)27(5,6)33-28(7,8)24(21)32-25(31)26(2,3)4/h10-16H,9H2,1-8H3. The van der Waals surface area contributed by atoms with Crippen LogP contribution >= 0.6 is 11.6 Å². The third-order valence-corrected chi connectivity index (χ3v) is 6.20. The first-order chi connectivity index (χ1) is 15.2. The zero-order valence-corrected chi connectivity index (χ0v) is 21.5. The molecule has 0 saturated carbocycles. The van der Waals surface area contributed by atoms with Gasteiger partial charge in [0, 0.05) is 11.1 Å². The largest absolute Gasteiger partial charge is 0.427 e. The van der Waals surface area contributed by atoms with Gasteiger partial charge in [-0.1, -0.05) is 61.0 Å². The topological polar surface area (TPSA) is 52.6 Å². The Labute approximate surface area is 201 Å². The van der Waals surface area contributed by atoms with Gasteiger partial charge in [0.2, 0.25) is 0 Å². The van der Waals surface area contributed by atoms with Gasteiger partial charge in [-0.05, 0) is 66.0 Å². The number of aryl methyl sites for hydroxylation is 1. The van der Waals surface area contributed by atoms with Crippen LogP contribution in [-0.4, -0.2) is 23.0 Å². The molecule has 0 amide bonds. The molecule has 0 radical (unpaired) electrons. The van der Waals surface area contributed by atoms with E-state index in [1.54, 1.807) is 34.6 Å². The summed E-state index contributed by atoms with van der Waals surface area (Å²) in [5.41, 5.74) is 0.679. The number of carbonyl (C=O) groups excluding carboxylic acids is 2. The Morgan fingerprint density at radius 1 is 1.00 bits per heavy atom. The van der Waals surface area contributed by atoms with Gasteiger partial charge in [-0.25, -0.2) is 0 Å². The van der Waals surface area contributed by atoms with Crippen molar-refractivity contribution in [3.63, 3.8) is 0 Å². The third kappa shape index (κ3) is 4.78. The summed E-state index contributed by atoms with van der Waals surface area (Å²) in [6.07, 6.45) is 0.656. The lowest BCUT2D eigenvalue weighted by atomic mass is 9.80. The number of halogens is 1. The highest BCUT2D eigenvalue weighted by atomic mass is 35.5. The second kappa shape index (κ2) is 8.73. The zero-order valence-electron chi connectivity index (χ0n) is 20.8. The van der Waals surface area contributed by atoms with Crippen LogP contribution in [0, 0.1) is 5.41 Å². The maximum atomic E-state index is 13.8. The van der Waals surface area contributed by atoms with Gasteiger partial charge in [-0.3, -0.25) is 9.59 Å². The molecule has 0 unspecified atom stereocenters. The molecular weight excluding hydrogens is 436 g/mol. The predicted octanol–water partition coefficient (Wildman–Crippen LogP) is 7.03. The van der Waals surface area contributed by atoms with E-state index in [0.29, 0.717) is 22.6 Å². The molecule has 176 valence electrons. The number of hydrogen-bond acceptors (Lipinski definition) is 4. The van der Waals surface area contributed by atoms with Crippen LogP contribution in [-0.2, 0) is 25.5 Å². The summed E-state index contributed by atoms with van der Waals surface area (Å²) >= 11 is 7.04. The number of hydrogen-bond donors (Lipinski definition) is 0. The van der Waals surface area contributed by atoms with E-state index in [-0.39, 0.29) is 11.5 Å². The van der Waals surface area contributed by atoms with E-state index >= 15 is 0 Å². The molecule has 0 N–H and O–H groups in total. The van der Waals surface area contributed by atoms with Crippen LogP contribution in [0.4, 0.5) is 0 Å². The second-order valence-corrected chi connectivity index (χ2v) is 10.9. The van der Waals surface area contributed by atoms with E-state index < -0.39 is 22.6 Å². The Bertz CT molecular complexity index is 1120. The van der Waals surface area contributed by atoms with Crippen molar-refractivity contribution < 1.29 is 19.1 Å². The number of esters is 1. The number of Topliss-reactive ketones (excluding diaryl/α,β-unsaturated/α-hetero) is 1. The average Bonchev–Trinajstić information content (AvgIpc) is 2.72. The van der Waals surface area contributed by atoms with Gasteiger partial charge in [0.25, 0.3) is 0 Å². The normalized spacial score (nSPS) is 17.8. The summed E-state index contributed by atoms with van der Waals surface area (Å²) in [4.78, 5) is 26.7. The van der Waals surface area contributed by atoms with Crippen molar-refractivity contribution in [2.75, 3.05) is 0 Å². The van der Waals surface area contributed by atoms with E-state index in [9.17, 15) is 9.59 Å². The quantitative estimate of drug-likeness (QED) is 0.452. The molecule has 4 nitrogen and oxygen atoms in total. The smallest absolute Gasteiger partial charge is 0.316 e. The van der Waals surface area contributed by atoms with Crippen molar-refractivity contribution in [1.82, 2.24) is 0 Å². The van der Waals surface area contributed by atoms with E-state index in [2.05, 4.69) is 0 Å². The minimum Gasteiger partial charge on any atom is -0.427 e. The number of ketones is 1. The number of ether oxygens (including phenoxy) is 2. The van der Waals surface area contributed by atoms with Gasteiger partial charge < -0.3 is 9.47 Å². The molecule has 2 aromatic rings. The predicted molar refractivity (Wildman–Crippen MR) is 133 cm³/mol. The molecule has 33 heavy (non-hydrogen) atoms. The van der Waals surface area contributed by atoms with E-state index in [1.165, 1.54) is 0 Å². The number of carbonyl (C=O) groups is 2. The zero-order chi connectivity index (χ0) is 24.8. The highest BCUT2D eigenvalue weighted by molar-refractivity contribution is 6.38. The fraction of sp³-hybridized carbons (Fsp3) is 0.429. The Balaban J connectivity index is 2.39. The van der Waals surface area contributed by atoms with Crippen molar-refractivity contribution in [3.8, 4) is 11.1 Å². The molecule has 0 aromatic heterocycles. The van der Waals surface area contributed by atoms with Crippen molar-refractivity contribution in [2.45, 2.75) is 73.0 Å². The first-order valence-electron chi connectivity index (χ1n) is 11.3. The summed E-state index contributed by atoms with van der Waals surface area (Å²) in [5.74, 6) is -0.499. The fourth-order valence-electron chi connectivity index (χ4n) is 4.10. The SMILES string of the molecule is CCc1ccc(-c2ccccc2)c(Cl)c1C1=C(OC(=O)C(C)(C)C)C(C)(C)OC(C)(C)C1=O. The van der Waals surface area contributed by atoms with Crippen LogP contribution in [0.1, 0.15) is 66.5 Å². The average molecular weight is 469 g/mol. The van der Waals surface area contributed by atoms with Crippen LogP contribution in [0.3, 0.4) is 0 Å². The number of rotatable bonds is 4. The van der Waals surface area contributed by atoms with Crippen LogP contribution in [0.5, 0.6) is 0 Å². The molecule has 5 heteroatoms.